The molecule has 1 amide bonds. The molecule has 1 N–H and O–H groups in total. The van der Waals surface area contributed by atoms with Gasteiger partial charge >= 0.3 is 0 Å². The molecule has 2 aromatic heterocycles. The van der Waals surface area contributed by atoms with Crippen molar-refractivity contribution in [2.45, 2.75) is 38.8 Å². The summed E-state index contributed by atoms with van der Waals surface area (Å²) in [6.45, 7) is 4.73. The summed E-state index contributed by atoms with van der Waals surface area (Å²) in [5, 5.41) is 10.8. The van der Waals surface area contributed by atoms with E-state index < -0.39 is 0 Å². The summed E-state index contributed by atoms with van der Waals surface area (Å²) in [4.78, 5) is 14.7. The molecule has 0 bridgehead atoms. The van der Waals surface area contributed by atoms with Gasteiger partial charge in [0.15, 0.2) is 0 Å². The molecule has 1 aliphatic rings. The third-order valence-corrected chi connectivity index (χ3v) is 4.67. The van der Waals surface area contributed by atoms with Gasteiger partial charge < -0.3 is 4.52 Å². The molecule has 2 atom stereocenters. The Morgan fingerprint density at radius 3 is 3.14 bits per heavy atom. The first-order valence-electron chi connectivity index (χ1n) is 7.17. The van der Waals surface area contributed by atoms with E-state index in [1.807, 2.05) is 13.8 Å². The maximum Gasteiger partial charge on any atom is 0.243 e. The van der Waals surface area contributed by atoms with Gasteiger partial charge in [0.2, 0.25) is 11.8 Å². The highest BCUT2D eigenvalue weighted by molar-refractivity contribution is 7.07. The second-order valence-corrected chi connectivity index (χ2v) is 6.23. The molecule has 1 aliphatic heterocycles. The molecular weight excluding hydrogens is 286 g/mol. The van der Waals surface area contributed by atoms with Gasteiger partial charge in [-0.15, -0.1) is 0 Å². The lowest BCUT2D eigenvalue weighted by Crippen LogP contribution is -2.41. The number of aryl methyl sites for hydroxylation is 1. The molecule has 112 valence electrons. The van der Waals surface area contributed by atoms with Crippen LogP contribution in [0.3, 0.4) is 0 Å². The lowest BCUT2D eigenvalue weighted by Gasteiger charge is -2.29. The van der Waals surface area contributed by atoms with Crippen molar-refractivity contribution in [3.05, 3.63) is 34.2 Å². The van der Waals surface area contributed by atoms with E-state index in [0.717, 1.165) is 25.1 Å². The zero-order chi connectivity index (χ0) is 14.8. The van der Waals surface area contributed by atoms with E-state index in [1.165, 1.54) is 5.56 Å². The summed E-state index contributed by atoms with van der Waals surface area (Å²) in [5.74, 6) is 0.365. The van der Waals surface area contributed by atoms with E-state index >= 15 is 0 Å². The van der Waals surface area contributed by atoms with E-state index in [9.17, 15) is 4.79 Å². The number of rotatable bonds is 4. The van der Waals surface area contributed by atoms with Crippen LogP contribution >= 0.6 is 11.3 Å². The maximum absolute atomic E-state index is 12.4. The molecule has 2 aromatic rings. The normalized spacial score (nSPS) is 20.6. The van der Waals surface area contributed by atoms with Gasteiger partial charge in [0.25, 0.3) is 0 Å². The Balaban J connectivity index is 1.68. The monoisotopic (exact) mass is 305 g/mol. The molecule has 0 unspecified atom stereocenters. The minimum Gasteiger partial charge on any atom is -0.338 e. The van der Waals surface area contributed by atoms with Gasteiger partial charge in [-0.1, -0.05) is 5.16 Å². The second kappa shape index (κ2) is 5.99. The first kappa shape index (κ1) is 14.3. The molecule has 0 radical (unpaired) electrons. The summed E-state index contributed by atoms with van der Waals surface area (Å²) >= 11 is 1.70. The van der Waals surface area contributed by atoms with Gasteiger partial charge in [-0.2, -0.15) is 11.3 Å². The van der Waals surface area contributed by atoms with Crippen molar-refractivity contribution in [2.75, 3.05) is 11.9 Å². The Bertz CT molecular complexity index is 608. The molecule has 0 spiro atoms. The predicted molar refractivity (Wildman–Crippen MR) is 82.3 cm³/mol. The van der Waals surface area contributed by atoms with Crippen LogP contribution in [0, 0.1) is 6.92 Å². The Hall–Kier alpha value is -1.66. The van der Waals surface area contributed by atoms with Crippen molar-refractivity contribution in [1.29, 1.82) is 0 Å². The van der Waals surface area contributed by atoms with E-state index in [1.54, 1.807) is 17.4 Å². The third-order valence-electron chi connectivity index (χ3n) is 3.97. The fourth-order valence-corrected chi connectivity index (χ4v) is 3.58. The third kappa shape index (κ3) is 3.01. The highest BCUT2D eigenvalue weighted by atomic mass is 32.1. The number of likely N-dealkylation sites (tertiary alicyclic amines) is 1. The Morgan fingerprint density at radius 2 is 2.48 bits per heavy atom. The molecule has 1 saturated heterocycles. The van der Waals surface area contributed by atoms with Crippen LogP contribution in [0.2, 0.25) is 0 Å². The van der Waals surface area contributed by atoms with Gasteiger partial charge in [-0.05, 0) is 55.6 Å². The Labute approximate surface area is 127 Å². The van der Waals surface area contributed by atoms with Crippen LogP contribution in [0.25, 0.3) is 0 Å². The fourth-order valence-electron chi connectivity index (χ4n) is 2.87. The minimum atomic E-state index is -0.192. The van der Waals surface area contributed by atoms with Crippen molar-refractivity contribution in [2.24, 2.45) is 0 Å². The average Bonchev–Trinajstić information content (AvgIpc) is 3.18. The first-order chi connectivity index (χ1) is 10.1. The molecule has 5 nitrogen and oxygen atoms in total. The van der Waals surface area contributed by atoms with Crippen LogP contribution in [-0.4, -0.2) is 28.6 Å². The molecular formula is C15H19N3O2S. The Kier molecular flexibility index (Phi) is 4.07. The van der Waals surface area contributed by atoms with Crippen LogP contribution in [0.5, 0.6) is 0 Å². The van der Waals surface area contributed by atoms with Crippen molar-refractivity contribution in [3.63, 3.8) is 0 Å². The van der Waals surface area contributed by atoms with Crippen molar-refractivity contribution in [1.82, 2.24) is 10.1 Å². The number of hydrogen-bond donors (Lipinski definition) is 1. The smallest absolute Gasteiger partial charge is 0.243 e. The second-order valence-electron chi connectivity index (χ2n) is 5.45. The molecule has 0 aromatic carbocycles. The van der Waals surface area contributed by atoms with Gasteiger partial charge in [-0.25, -0.2) is 0 Å². The van der Waals surface area contributed by atoms with Crippen molar-refractivity contribution >= 4 is 23.1 Å². The number of anilines is 1. The van der Waals surface area contributed by atoms with Crippen LogP contribution in [0.1, 0.15) is 37.1 Å². The number of carbonyl (C=O) groups is 1. The number of carbonyl (C=O) groups excluding carboxylic acids is 1. The zero-order valence-electron chi connectivity index (χ0n) is 12.2. The maximum atomic E-state index is 12.4. The summed E-state index contributed by atoms with van der Waals surface area (Å²) in [6.07, 6.45) is 2.23. The number of amides is 1. The van der Waals surface area contributed by atoms with E-state index in [-0.39, 0.29) is 11.9 Å². The largest absolute Gasteiger partial charge is 0.338 e. The lowest BCUT2D eigenvalue weighted by molar-refractivity contribution is -0.121. The number of nitrogens with zero attached hydrogens (tertiary/aromatic N) is 2. The van der Waals surface area contributed by atoms with E-state index in [4.69, 9.17) is 4.52 Å². The van der Waals surface area contributed by atoms with Crippen LogP contribution in [0.15, 0.2) is 27.4 Å². The highest BCUT2D eigenvalue weighted by Crippen LogP contribution is 2.34. The number of hydrogen-bond acceptors (Lipinski definition) is 5. The molecule has 3 heterocycles. The highest BCUT2D eigenvalue weighted by Gasteiger charge is 2.33. The number of nitrogens with one attached hydrogen (secondary N) is 1. The minimum absolute atomic E-state index is 0.0479. The Morgan fingerprint density at radius 1 is 1.62 bits per heavy atom. The summed E-state index contributed by atoms with van der Waals surface area (Å²) in [6, 6.07) is 4.03. The van der Waals surface area contributed by atoms with E-state index in [0.29, 0.717) is 11.9 Å². The quantitative estimate of drug-likeness (QED) is 0.942. The van der Waals surface area contributed by atoms with Gasteiger partial charge in [0.05, 0.1) is 11.7 Å². The van der Waals surface area contributed by atoms with Crippen molar-refractivity contribution < 1.29 is 9.32 Å². The standard InChI is InChI=1S/C15H19N3O2S/c1-10-8-14(20-17-10)16-15(19)11(2)18-6-3-4-13(18)12-5-7-21-9-12/h5,7-9,11,13H,3-4,6H2,1-2H3,(H,16,19)/t11-,13-/m0/s1. The van der Waals surface area contributed by atoms with E-state index in [2.05, 4.69) is 32.2 Å². The lowest BCUT2D eigenvalue weighted by atomic mass is 10.1. The molecule has 6 heteroatoms. The zero-order valence-corrected chi connectivity index (χ0v) is 13.0. The van der Waals surface area contributed by atoms with Crippen LogP contribution in [0.4, 0.5) is 5.88 Å². The predicted octanol–water partition coefficient (Wildman–Crippen LogP) is 3.21. The fraction of sp³-hybridized carbons (Fsp3) is 0.467. The average molecular weight is 305 g/mol. The molecule has 21 heavy (non-hydrogen) atoms. The molecule has 0 aliphatic carbocycles. The summed E-state index contributed by atoms with van der Waals surface area (Å²) in [5.41, 5.74) is 2.07. The summed E-state index contributed by atoms with van der Waals surface area (Å²) in [7, 11) is 0. The number of aromatic nitrogens is 1. The van der Waals surface area contributed by atoms with Gasteiger partial charge in [-0.3, -0.25) is 15.0 Å². The van der Waals surface area contributed by atoms with Crippen LogP contribution < -0.4 is 5.32 Å². The van der Waals surface area contributed by atoms with Crippen LogP contribution in [-0.2, 0) is 4.79 Å². The van der Waals surface area contributed by atoms with Gasteiger partial charge in [0, 0.05) is 12.1 Å². The number of thiophene rings is 1. The molecule has 3 rings (SSSR count). The first-order valence-corrected chi connectivity index (χ1v) is 8.11. The van der Waals surface area contributed by atoms with Gasteiger partial charge in [0.1, 0.15) is 0 Å². The summed E-state index contributed by atoms with van der Waals surface area (Å²) < 4.78 is 5.05. The SMILES string of the molecule is Cc1cc(NC(=O)[C@H](C)N2CCC[C@H]2c2ccsc2)on1. The molecule has 0 saturated carbocycles. The van der Waals surface area contributed by atoms with Crippen molar-refractivity contribution in [3.8, 4) is 0 Å². The molecule has 1 fully saturated rings. The topological polar surface area (TPSA) is 58.4 Å².